The molecule has 0 aliphatic heterocycles. The molecule has 100 valence electrons. The number of carbonyl (C=O) groups is 2. The number of rotatable bonds is 7. The summed E-state index contributed by atoms with van der Waals surface area (Å²) >= 11 is 0. The van der Waals surface area contributed by atoms with Crippen molar-refractivity contribution in [2.75, 3.05) is 6.61 Å². The van der Waals surface area contributed by atoms with Crippen molar-refractivity contribution < 1.29 is 18.7 Å². The van der Waals surface area contributed by atoms with Crippen LogP contribution in [0.1, 0.15) is 66.2 Å². The van der Waals surface area contributed by atoms with Gasteiger partial charge in [0.15, 0.2) is 11.5 Å². The largest absolute Gasteiger partial charge is 0.462 e. The summed E-state index contributed by atoms with van der Waals surface area (Å²) in [6.07, 6.45) is 3.40. The normalized spacial score (nSPS) is 10.4. The summed E-state index contributed by atoms with van der Waals surface area (Å²) < 4.78 is 10.2. The first-order valence-electron chi connectivity index (χ1n) is 6.40. The first-order valence-corrected chi connectivity index (χ1v) is 6.40. The molecule has 1 rings (SSSR count). The third-order valence-electron chi connectivity index (χ3n) is 2.70. The molecule has 0 saturated carbocycles. The summed E-state index contributed by atoms with van der Waals surface area (Å²) in [4.78, 5) is 23.4. The van der Waals surface area contributed by atoms with E-state index in [1.807, 2.05) is 0 Å². The Labute approximate surface area is 107 Å². The summed E-state index contributed by atoms with van der Waals surface area (Å²) in [5.74, 6) is 0.201. The summed E-state index contributed by atoms with van der Waals surface area (Å²) in [6, 6.07) is 1.49. The molecule has 0 amide bonds. The zero-order valence-corrected chi connectivity index (χ0v) is 11.2. The Morgan fingerprint density at radius 1 is 1.28 bits per heavy atom. The second kappa shape index (κ2) is 6.99. The topological polar surface area (TPSA) is 56.5 Å². The van der Waals surface area contributed by atoms with Gasteiger partial charge in [0.1, 0.15) is 11.3 Å². The van der Waals surface area contributed by atoms with Crippen LogP contribution in [-0.2, 0) is 4.74 Å². The molecule has 1 heterocycles. The molecule has 4 nitrogen and oxygen atoms in total. The molecule has 0 N–H and O–H groups in total. The van der Waals surface area contributed by atoms with E-state index < -0.39 is 5.97 Å². The quantitative estimate of drug-likeness (QED) is 0.423. The molecule has 1 aromatic heterocycles. The molecule has 0 aliphatic rings. The molecule has 0 fully saturated rings. The Kier molecular flexibility index (Phi) is 5.62. The lowest BCUT2D eigenvalue weighted by Crippen LogP contribution is -2.04. The maximum absolute atomic E-state index is 11.8. The predicted molar refractivity (Wildman–Crippen MR) is 67.9 cm³/mol. The van der Waals surface area contributed by atoms with Crippen molar-refractivity contribution in [1.29, 1.82) is 0 Å². The number of carbonyl (C=O) groups excluding carboxylic acids is 2. The Bertz CT molecular complexity index is 417. The van der Waals surface area contributed by atoms with Crippen molar-refractivity contribution in [2.45, 2.75) is 46.5 Å². The molecular weight excluding hydrogens is 232 g/mol. The third-order valence-corrected chi connectivity index (χ3v) is 2.70. The van der Waals surface area contributed by atoms with E-state index in [0.717, 1.165) is 19.3 Å². The zero-order chi connectivity index (χ0) is 13.5. The van der Waals surface area contributed by atoms with Crippen LogP contribution in [0.3, 0.4) is 0 Å². The lowest BCUT2D eigenvalue weighted by molar-refractivity contribution is 0.0524. The molecule has 1 aromatic rings. The van der Waals surface area contributed by atoms with E-state index in [9.17, 15) is 9.59 Å². The number of aryl methyl sites for hydroxylation is 1. The number of hydrogen-bond acceptors (Lipinski definition) is 4. The predicted octanol–water partition coefficient (Wildman–Crippen LogP) is 3.53. The van der Waals surface area contributed by atoms with Gasteiger partial charge in [-0.2, -0.15) is 0 Å². The molecule has 0 radical (unpaired) electrons. The van der Waals surface area contributed by atoms with Gasteiger partial charge in [0, 0.05) is 12.5 Å². The highest BCUT2D eigenvalue weighted by Crippen LogP contribution is 2.18. The minimum absolute atomic E-state index is 0.0536. The number of esters is 1. The maximum atomic E-state index is 11.8. The monoisotopic (exact) mass is 252 g/mol. The third kappa shape index (κ3) is 3.72. The number of ketones is 1. The van der Waals surface area contributed by atoms with E-state index in [-0.39, 0.29) is 11.5 Å². The number of furan rings is 1. The number of hydrogen-bond donors (Lipinski definition) is 0. The summed E-state index contributed by atoms with van der Waals surface area (Å²) in [5.41, 5.74) is 0.343. The van der Waals surface area contributed by atoms with Crippen LogP contribution < -0.4 is 0 Å². The molecule has 0 unspecified atom stereocenters. The SMILES string of the molecule is CCCCCC(=O)c1cc(C(=O)OCC)c(C)o1. The van der Waals surface area contributed by atoms with Crippen LogP contribution >= 0.6 is 0 Å². The molecule has 0 spiro atoms. The van der Waals surface area contributed by atoms with E-state index in [2.05, 4.69) is 6.92 Å². The molecule has 18 heavy (non-hydrogen) atoms. The fourth-order valence-electron chi connectivity index (χ4n) is 1.69. The smallest absolute Gasteiger partial charge is 0.341 e. The Balaban J connectivity index is 2.71. The average molecular weight is 252 g/mol. The van der Waals surface area contributed by atoms with Gasteiger partial charge in [-0.25, -0.2) is 4.79 Å². The van der Waals surface area contributed by atoms with Crippen molar-refractivity contribution in [3.63, 3.8) is 0 Å². The van der Waals surface area contributed by atoms with Crippen LogP contribution in [0.4, 0.5) is 0 Å². The minimum Gasteiger partial charge on any atom is -0.462 e. The van der Waals surface area contributed by atoms with Gasteiger partial charge < -0.3 is 9.15 Å². The van der Waals surface area contributed by atoms with Crippen LogP contribution in [0.25, 0.3) is 0 Å². The second-order valence-electron chi connectivity index (χ2n) is 4.18. The van der Waals surface area contributed by atoms with Gasteiger partial charge in [0.05, 0.1) is 6.61 Å². The van der Waals surface area contributed by atoms with Crippen molar-refractivity contribution in [2.24, 2.45) is 0 Å². The van der Waals surface area contributed by atoms with E-state index in [1.54, 1.807) is 13.8 Å². The number of Topliss-reactive ketones (excluding diaryl/α,β-unsaturated/α-hetero) is 1. The van der Waals surface area contributed by atoms with E-state index in [1.165, 1.54) is 6.07 Å². The highest BCUT2D eigenvalue weighted by molar-refractivity contribution is 5.98. The fraction of sp³-hybridized carbons (Fsp3) is 0.571. The summed E-state index contributed by atoms with van der Waals surface area (Å²) in [7, 11) is 0. The van der Waals surface area contributed by atoms with Gasteiger partial charge in [-0.1, -0.05) is 19.8 Å². The molecule has 0 saturated heterocycles. The highest BCUT2D eigenvalue weighted by Gasteiger charge is 2.19. The van der Waals surface area contributed by atoms with Crippen LogP contribution in [-0.4, -0.2) is 18.4 Å². The van der Waals surface area contributed by atoms with Crippen molar-refractivity contribution in [3.8, 4) is 0 Å². The standard InChI is InChI=1S/C14H20O4/c1-4-6-7-8-12(15)13-9-11(10(3)18-13)14(16)17-5-2/h9H,4-8H2,1-3H3. The maximum Gasteiger partial charge on any atom is 0.341 e. The Morgan fingerprint density at radius 3 is 2.61 bits per heavy atom. The Morgan fingerprint density at radius 2 is 2.00 bits per heavy atom. The van der Waals surface area contributed by atoms with Gasteiger partial charge >= 0.3 is 5.97 Å². The second-order valence-corrected chi connectivity index (χ2v) is 4.18. The van der Waals surface area contributed by atoms with E-state index in [0.29, 0.717) is 24.4 Å². The average Bonchev–Trinajstić information content (AvgIpc) is 2.72. The van der Waals surface area contributed by atoms with Crippen LogP contribution in [0, 0.1) is 6.92 Å². The van der Waals surface area contributed by atoms with Crippen molar-refractivity contribution >= 4 is 11.8 Å². The lowest BCUT2D eigenvalue weighted by atomic mass is 10.1. The van der Waals surface area contributed by atoms with E-state index >= 15 is 0 Å². The van der Waals surface area contributed by atoms with Gasteiger partial charge in [-0.05, 0) is 20.3 Å². The van der Waals surface area contributed by atoms with Crippen LogP contribution in [0.5, 0.6) is 0 Å². The van der Waals surface area contributed by atoms with E-state index in [4.69, 9.17) is 9.15 Å². The van der Waals surface area contributed by atoms with Crippen molar-refractivity contribution in [1.82, 2.24) is 0 Å². The van der Waals surface area contributed by atoms with Crippen LogP contribution in [0.2, 0.25) is 0 Å². The zero-order valence-electron chi connectivity index (χ0n) is 11.2. The first-order chi connectivity index (χ1) is 8.60. The fourth-order valence-corrected chi connectivity index (χ4v) is 1.69. The molecule has 0 aromatic carbocycles. The molecule has 0 atom stereocenters. The minimum atomic E-state index is -0.439. The first kappa shape index (κ1) is 14.5. The highest BCUT2D eigenvalue weighted by atomic mass is 16.5. The number of ether oxygens (including phenoxy) is 1. The summed E-state index contributed by atoms with van der Waals surface area (Å²) in [6.45, 7) is 5.79. The molecule has 4 heteroatoms. The summed E-state index contributed by atoms with van der Waals surface area (Å²) in [5, 5.41) is 0. The van der Waals surface area contributed by atoms with Crippen molar-refractivity contribution in [3.05, 3.63) is 23.2 Å². The molecule has 0 aliphatic carbocycles. The van der Waals surface area contributed by atoms with Crippen LogP contribution in [0.15, 0.2) is 10.5 Å². The lowest BCUT2D eigenvalue weighted by Gasteiger charge is -1.97. The van der Waals surface area contributed by atoms with Gasteiger partial charge in [-0.3, -0.25) is 4.79 Å². The molecular formula is C14H20O4. The number of unbranched alkanes of at least 4 members (excludes halogenated alkanes) is 2. The van der Waals surface area contributed by atoms with Gasteiger partial charge in [-0.15, -0.1) is 0 Å². The van der Waals surface area contributed by atoms with Gasteiger partial charge in [0.25, 0.3) is 0 Å². The Hall–Kier alpha value is -1.58. The van der Waals surface area contributed by atoms with Gasteiger partial charge in [0.2, 0.25) is 0 Å². The molecule has 0 bridgehead atoms.